The van der Waals surface area contributed by atoms with Gasteiger partial charge in [-0.2, -0.15) is 5.26 Å². The SMILES string of the molecule is CCC1CC(Nc2ccc(C#N)c(Br)c2)CCO1. The van der Waals surface area contributed by atoms with Crippen molar-refractivity contribution in [2.75, 3.05) is 11.9 Å². The van der Waals surface area contributed by atoms with Crippen molar-refractivity contribution >= 4 is 21.6 Å². The second-order valence-corrected chi connectivity index (χ2v) is 5.43. The van der Waals surface area contributed by atoms with Gasteiger partial charge in [0, 0.05) is 22.8 Å². The summed E-state index contributed by atoms with van der Waals surface area (Å²) in [5, 5.41) is 12.4. The third-order valence-corrected chi connectivity index (χ3v) is 3.94. The molecule has 0 bridgehead atoms. The fourth-order valence-corrected chi connectivity index (χ4v) is 2.69. The molecule has 1 aliphatic rings. The van der Waals surface area contributed by atoms with E-state index >= 15 is 0 Å². The fourth-order valence-electron chi connectivity index (χ4n) is 2.23. The zero-order valence-electron chi connectivity index (χ0n) is 10.4. The predicted octanol–water partition coefficient (Wildman–Crippen LogP) is 3.69. The molecule has 0 amide bonds. The van der Waals surface area contributed by atoms with Gasteiger partial charge in [0.2, 0.25) is 0 Å². The van der Waals surface area contributed by atoms with Gasteiger partial charge in [-0.1, -0.05) is 6.92 Å². The minimum Gasteiger partial charge on any atom is -0.382 e. The number of ether oxygens (including phenoxy) is 1. The summed E-state index contributed by atoms with van der Waals surface area (Å²) in [7, 11) is 0. The van der Waals surface area contributed by atoms with E-state index in [1.807, 2.05) is 18.2 Å². The molecule has 4 heteroatoms. The van der Waals surface area contributed by atoms with E-state index in [4.69, 9.17) is 10.00 Å². The Bertz CT molecular complexity index is 456. The van der Waals surface area contributed by atoms with Crippen molar-refractivity contribution in [2.45, 2.75) is 38.3 Å². The summed E-state index contributed by atoms with van der Waals surface area (Å²) in [6.07, 6.45) is 3.52. The third kappa shape index (κ3) is 3.24. The van der Waals surface area contributed by atoms with Crippen LogP contribution in [-0.4, -0.2) is 18.8 Å². The number of benzene rings is 1. The second kappa shape index (κ2) is 6.21. The van der Waals surface area contributed by atoms with Gasteiger partial charge >= 0.3 is 0 Å². The molecule has 18 heavy (non-hydrogen) atoms. The minimum atomic E-state index is 0.373. The van der Waals surface area contributed by atoms with E-state index in [2.05, 4.69) is 34.2 Å². The molecule has 1 aliphatic heterocycles. The van der Waals surface area contributed by atoms with Crippen molar-refractivity contribution in [1.29, 1.82) is 5.26 Å². The second-order valence-electron chi connectivity index (χ2n) is 4.57. The topological polar surface area (TPSA) is 45.0 Å². The maximum absolute atomic E-state index is 8.88. The first-order chi connectivity index (χ1) is 8.72. The molecular formula is C14H17BrN2O. The number of nitrogens with one attached hydrogen (secondary N) is 1. The van der Waals surface area contributed by atoms with Crippen molar-refractivity contribution in [3.05, 3.63) is 28.2 Å². The first-order valence-corrected chi connectivity index (χ1v) is 7.10. The number of nitrogens with zero attached hydrogens (tertiary/aromatic N) is 1. The van der Waals surface area contributed by atoms with Gasteiger partial charge in [-0.3, -0.25) is 0 Å². The molecule has 1 heterocycles. The summed E-state index contributed by atoms with van der Waals surface area (Å²) in [4.78, 5) is 0. The molecule has 0 spiro atoms. The number of nitriles is 1. The summed E-state index contributed by atoms with van der Waals surface area (Å²) >= 11 is 3.41. The van der Waals surface area contributed by atoms with E-state index in [1.54, 1.807) is 0 Å². The van der Waals surface area contributed by atoms with Gasteiger partial charge in [0.15, 0.2) is 0 Å². The van der Waals surface area contributed by atoms with Crippen LogP contribution in [0.25, 0.3) is 0 Å². The maximum Gasteiger partial charge on any atom is 0.100 e. The van der Waals surface area contributed by atoms with Crippen molar-refractivity contribution < 1.29 is 4.74 Å². The average molecular weight is 309 g/mol. The van der Waals surface area contributed by atoms with Crippen LogP contribution in [0.15, 0.2) is 22.7 Å². The molecule has 1 fully saturated rings. The highest BCUT2D eigenvalue weighted by Crippen LogP contribution is 2.24. The van der Waals surface area contributed by atoms with Crippen molar-refractivity contribution in [1.82, 2.24) is 0 Å². The Morgan fingerprint density at radius 3 is 3.06 bits per heavy atom. The highest BCUT2D eigenvalue weighted by Gasteiger charge is 2.21. The Morgan fingerprint density at radius 1 is 1.56 bits per heavy atom. The normalized spacial score (nSPS) is 23.4. The van der Waals surface area contributed by atoms with Crippen LogP contribution >= 0.6 is 15.9 Å². The van der Waals surface area contributed by atoms with Crippen LogP contribution < -0.4 is 5.32 Å². The number of halogens is 1. The molecule has 0 radical (unpaired) electrons. The Kier molecular flexibility index (Phi) is 4.62. The minimum absolute atomic E-state index is 0.373. The summed E-state index contributed by atoms with van der Waals surface area (Å²) < 4.78 is 6.50. The van der Waals surface area contributed by atoms with Gasteiger partial charge in [-0.05, 0) is 53.4 Å². The Labute approximate surface area is 116 Å². The molecule has 2 rings (SSSR count). The Morgan fingerprint density at radius 2 is 2.39 bits per heavy atom. The molecule has 0 aliphatic carbocycles. The predicted molar refractivity (Wildman–Crippen MR) is 75.5 cm³/mol. The largest absolute Gasteiger partial charge is 0.382 e. The third-order valence-electron chi connectivity index (χ3n) is 3.28. The van der Waals surface area contributed by atoms with Crippen LogP contribution in [0.5, 0.6) is 0 Å². The standard InChI is InChI=1S/C14H17BrN2O/c1-2-13-7-12(5-6-18-13)17-11-4-3-10(9-16)14(15)8-11/h3-4,8,12-13,17H,2,5-7H2,1H3. The molecule has 3 nitrogen and oxygen atoms in total. The fraction of sp³-hybridized carbons (Fsp3) is 0.500. The van der Waals surface area contributed by atoms with E-state index in [-0.39, 0.29) is 0 Å². The van der Waals surface area contributed by atoms with E-state index in [0.29, 0.717) is 17.7 Å². The summed E-state index contributed by atoms with van der Waals surface area (Å²) in [6.45, 7) is 2.99. The van der Waals surface area contributed by atoms with Crippen LogP contribution in [0, 0.1) is 11.3 Å². The van der Waals surface area contributed by atoms with E-state index < -0.39 is 0 Å². The van der Waals surface area contributed by atoms with Gasteiger partial charge in [0.05, 0.1) is 11.7 Å². The monoisotopic (exact) mass is 308 g/mol. The smallest absolute Gasteiger partial charge is 0.100 e. The molecular weight excluding hydrogens is 292 g/mol. The Hall–Kier alpha value is -1.05. The average Bonchev–Trinajstić information content (AvgIpc) is 2.39. The molecule has 1 aromatic carbocycles. The zero-order valence-corrected chi connectivity index (χ0v) is 12.0. The lowest BCUT2D eigenvalue weighted by molar-refractivity contribution is 0.00925. The van der Waals surface area contributed by atoms with Gasteiger partial charge in [-0.15, -0.1) is 0 Å². The van der Waals surface area contributed by atoms with Crippen molar-refractivity contribution in [3.63, 3.8) is 0 Å². The van der Waals surface area contributed by atoms with E-state index in [0.717, 1.165) is 36.0 Å². The van der Waals surface area contributed by atoms with Crippen LogP contribution in [0.4, 0.5) is 5.69 Å². The molecule has 2 atom stereocenters. The molecule has 1 N–H and O–H groups in total. The maximum atomic E-state index is 8.88. The molecule has 0 aromatic heterocycles. The zero-order chi connectivity index (χ0) is 13.0. The molecule has 1 aromatic rings. The lowest BCUT2D eigenvalue weighted by Crippen LogP contribution is -2.33. The number of rotatable bonds is 3. The first-order valence-electron chi connectivity index (χ1n) is 6.30. The molecule has 0 saturated carbocycles. The summed E-state index contributed by atoms with van der Waals surface area (Å²) in [5.41, 5.74) is 1.72. The number of hydrogen-bond acceptors (Lipinski definition) is 3. The van der Waals surface area contributed by atoms with E-state index in [1.165, 1.54) is 0 Å². The Balaban J connectivity index is 2.01. The van der Waals surface area contributed by atoms with Gasteiger partial charge < -0.3 is 10.1 Å². The van der Waals surface area contributed by atoms with Gasteiger partial charge in [0.1, 0.15) is 6.07 Å². The van der Waals surface area contributed by atoms with Gasteiger partial charge in [-0.25, -0.2) is 0 Å². The highest BCUT2D eigenvalue weighted by molar-refractivity contribution is 9.10. The van der Waals surface area contributed by atoms with Crippen LogP contribution in [0.1, 0.15) is 31.7 Å². The van der Waals surface area contributed by atoms with Crippen molar-refractivity contribution in [3.8, 4) is 6.07 Å². The van der Waals surface area contributed by atoms with Crippen LogP contribution in [-0.2, 0) is 4.74 Å². The number of hydrogen-bond donors (Lipinski definition) is 1. The summed E-state index contributed by atoms with van der Waals surface area (Å²) in [6, 6.07) is 8.37. The lowest BCUT2D eigenvalue weighted by atomic mass is 10.0. The lowest BCUT2D eigenvalue weighted by Gasteiger charge is -2.30. The summed E-state index contributed by atoms with van der Waals surface area (Å²) in [5.74, 6) is 0. The van der Waals surface area contributed by atoms with Crippen molar-refractivity contribution in [2.24, 2.45) is 0 Å². The van der Waals surface area contributed by atoms with Gasteiger partial charge in [0.25, 0.3) is 0 Å². The number of anilines is 1. The van der Waals surface area contributed by atoms with Crippen LogP contribution in [0.2, 0.25) is 0 Å². The molecule has 1 saturated heterocycles. The van der Waals surface area contributed by atoms with Crippen LogP contribution in [0.3, 0.4) is 0 Å². The first kappa shape index (κ1) is 13.4. The van der Waals surface area contributed by atoms with E-state index in [9.17, 15) is 0 Å². The molecule has 96 valence electrons. The highest BCUT2D eigenvalue weighted by atomic mass is 79.9. The quantitative estimate of drug-likeness (QED) is 0.926. The molecule has 2 unspecified atom stereocenters.